The van der Waals surface area contributed by atoms with E-state index in [4.69, 9.17) is 5.73 Å². The Morgan fingerprint density at radius 2 is 1.53 bits per heavy atom. The fourth-order valence-corrected chi connectivity index (χ4v) is 2.03. The summed E-state index contributed by atoms with van der Waals surface area (Å²) in [7, 11) is 2.06. The van der Waals surface area contributed by atoms with Crippen LogP contribution in [0.1, 0.15) is 11.1 Å². The Balaban J connectivity index is 2.39. The first-order valence-corrected chi connectivity index (χ1v) is 5.74. The van der Waals surface area contributed by atoms with Crippen LogP contribution in [-0.2, 0) is 0 Å². The molecule has 0 heterocycles. The van der Waals surface area contributed by atoms with Crippen LogP contribution in [0, 0.1) is 13.8 Å². The number of aryl methyl sites for hydroxylation is 2. The minimum Gasteiger partial charge on any atom is -0.399 e. The zero-order valence-corrected chi connectivity index (χ0v) is 10.6. The van der Waals surface area contributed by atoms with Gasteiger partial charge in [-0.15, -0.1) is 0 Å². The number of rotatable bonds is 2. The normalized spacial score (nSPS) is 10.3. The van der Waals surface area contributed by atoms with Gasteiger partial charge in [0.1, 0.15) is 0 Å². The summed E-state index contributed by atoms with van der Waals surface area (Å²) < 4.78 is 0. The van der Waals surface area contributed by atoms with Crippen molar-refractivity contribution in [1.82, 2.24) is 0 Å². The number of anilines is 3. The van der Waals surface area contributed by atoms with E-state index in [0.717, 1.165) is 11.4 Å². The van der Waals surface area contributed by atoms with Crippen molar-refractivity contribution in [3.8, 4) is 0 Å². The second-order valence-corrected chi connectivity index (χ2v) is 4.50. The molecular weight excluding hydrogens is 208 g/mol. The predicted molar refractivity (Wildman–Crippen MR) is 74.8 cm³/mol. The second kappa shape index (κ2) is 4.50. The van der Waals surface area contributed by atoms with Crippen molar-refractivity contribution in [2.24, 2.45) is 0 Å². The first-order chi connectivity index (χ1) is 8.06. The molecule has 0 atom stereocenters. The molecule has 2 heteroatoms. The van der Waals surface area contributed by atoms with Crippen LogP contribution < -0.4 is 10.6 Å². The molecule has 2 rings (SSSR count). The molecule has 2 aromatic carbocycles. The Morgan fingerprint density at radius 3 is 2.12 bits per heavy atom. The van der Waals surface area contributed by atoms with Gasteiger partial charge in [-0.05, 0) is 55.3 Å². The maximum atomic E-state index is 5.81. The number of hydrogen-bond acceptors (Lipinski definition) is 2. The van der Waals surface area contributed by atoms with E-state index in [2.05, 4.69) is 50.1 Å². The number of hydrogen-bond donors (Lipinski definition) is 1. The fraction of sp³-hybridized carbons (Fsp3) is 0.200. The van der Waals surface area contributed by atoms with Crippen LogP contribution in [0.2, 0.25) is 0 Å². The summed E-state index contributed by atoms with van der Waals surface area (Å²) in [5, 5.41) is 0. The molecule has 2 N–H and O–H groups in total. The molecule has 0 aliphatic carbocycles. The number of nitrogens with two attached hydrogens (primary N) is 1. The lowest BCUT2D eigenvalue weighted by Crippen LogP contribution is -2.10. The minimum absolute atomic E-state index is 0.790. The molecular formula is C15H18N2. The van der Waals surface area contributed by atoms with Crippen LogP contribution in [0.4, 0.5) is 17.1 Å². The van der Waals surface area contributed by atoms with E-state index in [9.17, 15) is 0 Å². The van der Waals surface area contributed by atoms with E-state index in [-0.39, 0.29) is 0 Å². The van der Waals surface area contributed by atoms with Crippen LogP contribution >= 0.6 is 0 Å². The molecule has 0 saturated heterocycles. The van der Waals surface area contributed by atoms with Gasteiger partial charge in [0, 0.05) is 24.1 Å². The summed E-state index contributed by atoms with van der Waals surface area (Å²) in [4.78, 5) is 2.15. The molecule has 0 saturated carbocycles. The standard InChI is InChI=1S/C15H18N2/c1-11-7-12(2)9-15(8-11)17(3)14-6-4-5-13(16)10-14/h4-10H,16H2,1-3H3. The summed E-state index contributed by atoms with van der Waals surface area (Å²) in [5.41, 5.74) is 11.4. The van der Waals surface area contributed by atoms with E-state index in [1.54, 1.807) is 0 Å². The van der Waals surface area contributed by atoms with Gasteiger partial charge in [-0.3, -0.25) is 0 Å². The zero-order chi connectivity index (χ0) is 12.4. The Hall–Kier alpha value is -1.96. The van der Waals surface area contributed by atoms with Crippen molar-refractivity contribution in [2.45, 2.75) is 13.8 Å². The van der Waals surface area contributed by atoms with Gasteiger partial charge in [0.05, 0.1) is 0 Å². The van der Waals surface area contributed by atoms with Gasteiger partial charge in [-0.2, -0.15) is 0 Å². The van der Waals surface area contributed by atoms with Gasteiger partial charge in [-0.25, -0.2) is 0 Å². The molecule has 0 fully saturated rings. The fourth-order valence-electron chi connectivity index (χ4n) is 2.03. The van der Waals surface area contributed by atoms with Crippen molar-refractivity contribution in [2.75, 3.05) is 17.7 Å². The van der Waals surface area contributed by atoms with E-state index in [1.807, 2.05) is 18.2 Å². The Bertz CT molecular complexity index is 512. The number of nitrogen functional groups attached to an aromatic ring is 1. The smallest absolute Gasteiger partial charge is 0.0428 e. The summed E-state index contributed by atoms with van der Waals surface area (Å²) in [6, 6.07) is 14.5. The summed E-state index contributed by atoms with van der Waals surface area (Å²) in [6.07, 6.45) is 0. The van der Waals surface area contributed by atoms with Crippen molar-refractivity contribution >= 4 is 17.1 Å². The number of nitrogens with zero attached hydrogens (tertiary/aromatic N) is 1. The zero-order valence-electron chi connectivity index (χ0n) is 10.6. The second-order valence-electron chi connectivity index (χ2n) is 4.50. The lowest BCUT2D eigenvalue weighted by molar-refractivity contribution is 1.19. The Labute approximate surface area is 103 Å². The molecule has 0 unspecified atom stereocenters. The van der Waals surface area contributed by atoms with Crippen molar-refractivity contribution < 1.29 is 0 Å². The van der Waals surface area contributed by atoms with Crippen LogP contribution in [0.5, 0.6) is 0 Å². The third-order valence-corrected chi connectivity index (χ3v) is 2.85. The summed E-state index contributed by atoms with van der Waals surface area (Å²) in [5.74, 6) is 0. The van der Waals surface area contributed by atoms with Crippen molar-refractivity contribution in [3.05, 3.63) is 53.6 Å². The van der Waals surface area contributed by atoms with Crippen LogP contribution in [0.3, 0.4) is 0 Å². The van der Waals surface area contributed by atoms with Gasteiger partial charge < -0.3 is 10.6 Å². The molecule has 2 nitrogen and oxygen atoms in total. The van der Waals surface area contributed by atoms with E-state index in [0.29, 0.717) is 0 Å². The lowest BCUT2D eigenvalue weighted by atomic mass is 10.1. The molecule has 0 amide bonds. The third kappa shape index (κ3) is 2.59. The topological polar surface area (TPSA) is 29.3 Å². The maximum Gasteiger partial charge on any atom is 0.0428 e. The highest BCUT2D eigenvalue weighted by Gasteiger charge is 2.05. The summed E-state index contributed by atoms with van der Waals surface area (Å²) in [6.45, 7) is 4.23. The third-order valence-electron chi connectivity index (χ3n) is 2.85. The van der Waals surface area contributed by atoms with Gasteiger partial charge in [0.15, 0.2) is 0 Å². The first-order valence-electron chi connectivity index (χ1n) is 5.74. The maximum absolute atomic E-state index is 5.81. The molecule has 0 aromatic heterocycles. The van der Waals surface area contributed by atoms with Crippen LogP contribution in [0.15, 0.2) is 42.5 Å². The van der Waals surface area contributed by atoms with Gasteiger partial charge in [-0.1, -0.05) is 12.1 Å². The van der Waals surface area contributed by atoms with E-state index < -0.39 is 0 Å². The molecule has 2 aromatic rings. The highest BCUT2D eigenvalue weighted by atomic mass is 15.1. The highest BCUT2D eigenvalue weighted by molar-refractivity contribution is 5.66. The molecule has 0 bridgehead atoms. The monoisotopic (exact) mass is 226 g/mol. The Morgan fingerprint density at radius 1 is 0.882 bits per heavy atom. The van der Waals surface area contributed by atoms with Crippen molar-refractivity contribution in [3.63, 3.8) is 0 Å². The van der Waals surface area contributed by atoms with Gasteiger partial charge >= 0.3 is 0 Å². The number of benzene rings is 2. The first kappa shape index (κ1) is 11.5. The Kier molecular flexibility index (Phi) is 3.05. The average molecular weight is 226 g/mol. The van der Waals surface area contributed by atoms with E-state index >= 15 is 0 Å². The molecule has 0 radical (unpaired) electrons. The minimum atomic E-state index is 0.790. The van der Waals surface area contributed by atoms with Crippen LogP contribution in [0.25, 0.3) is 0 Å². The predicted octanol–water partition coefficient (Wildman–Crippen LogP) is 3.65. The van der Waals surface area contributed by atoms with Crippen LogP contribution in [-0.4, -0.2) is 7.05 Å². The molecule has 0 spiro atoms. The highest BCUT2D eigenvalue weighted by Crippen LogP contribution is 2.26. The lowest BCUT2D eigenvalue weighted by Gasteiger charge is -2.21. The molecule has 17 heavy (non-hydrogen) atoms. The SMILES string of the molecule is Cc1cc(C)cc(N(C)c2cccc(N)c2)c1. The summed E-state index contributed by atoms with van der Waals surface area (Å²) >= 11 is 0. The van der Waals surface area contributed by atoms with Crippen molar-refractivity contribution in [1.29, 1.82) is 0 Å². The van der Waals surface area contributed by atoms with E-state index in [1.165, 1.54) is 16.8 Å². The quantitative estimate of drug-likeness (QED) is 0.792. The average Bonchev–Trinajstić information content (AvgIpc) is 2.26. The van der Waals surface area contributed by atoms with Gasteiger partial charge in [0.2, 0.25) is 0 Å². The molecule has 88 valence electrons. The van der Waals surface area contributed by atoms with Gasteiger partial charge in [0.25, 0.3) is 0 Å². The molecule has 0 aliphatic rings. The molecule has 0 aliphatic heterocycles. The largest absolute Gasteiger partial charge is 0.399 e.